The highest BCUT2D eigenvalue weighted by Gasteiger charge is 2.17. The molecule has 0 fully saturated rings. The van der Waals surface area contributed by atoms with Gasteiger partial charge in [0.25, 0.3) is 0 Å². The summed E-state index contributed by atoms with van der Waals surface area (Å²) >= 11 is 6.17. The summed E-state index contributed by atoms with van der Waals surface area (Å²) in [6, 6.07) is 3.70. The molecule has 1 aliphatic heterocycles. The van der Waals surface area contributed by atoms with E-state index >= 15 is 0 Å². The van der Waals surface area contributed by atoms with Crippen LogP contribution in [0, 0.1) is 11.3 Å². The summed E-state index contributed by atoms with van der Waals surface area (Å²) < 4.78 is 5.11. The number of halogens is 1. The van der Waals surface area contributed by atoms with Gasteiger partial charge in [-0.05, 0) is 18.1 Å². The lowest BCUT2D eigenvalue weighted by Crippen LogP contribution is -2.30. The predicted octanol–water partition coefficient (Wildman–Crippen LogP) is 2.39. The minimum absolute atomic E-state index is 0.434. The van der Waals surface area contributed by atoms with Gasteiger partial charge in [0.2, 0.25) is 0 Å². The Balaban J connectivity index is 2.18. The molecule has 0 N–H and O–H groups in total. The summed E-state index contributed by atoms with van der Waals surface area (Å²) in [5.41, 5.74) is 1.76. The average Bonchev–Trinajstić information content (AvgIpc) is 2.41. The van der Waals surface area contributed by atoms with Crippen molar-refractivity contribution in [2.45, 2.75) is 6.42 Å². The Bertz CT molecular complexity index is 507. The molecule has 1 aliphatic rings. The first kappa shape index (κ1) is 12.9. The van der Waals surface area contributed by atoms with Gasteiger partial charge in [-0.15, -0.1) is 0 Å². The van der Waals surface area contributed by atoms with E-state index in [1.54, 1.807) is 19.4 Å². The summed E-state index contributed by atoms with van der Waals surface area (Å²) in [7, 11) is 1.70. The van der Waals surface area contributed by atoms with E-state index in [1.807, 2.05) is 0 Å². The predicted molar refractivity (Wildman–Crippen MR) is 70.8 cm³/mol. The summed E-state index contributed by atoms with van der Waals surface area (Å²) in [6.07, 6.45) is 4.68. The summed E-state index contributed by atoms with van der Waals surface area (Å²) in [5.74, 6) is 0.684. The van der Waals surface area contributed by atoms with Gasteiger partial charge < -0.3 is 9.64 Å². The van der Waals surface area contributed by atoms with E-state index < -0.39 is 0 Å². The molecule has 1 aromatic rings. The second-order valence-corrected chi connectivity index (χ2v) is 4.48. The molecule has 2 heterocycles. The van der Waals surface area contributed by atoms with Crippen LogP contribution in [0.15, 0.2) is 23.9 Å². The molecule has 0 unspecified atom stereocenters. The molecule has 0 saturated heterocycles. The topological polar surface area (TPSA) is 49.1 Å². The Morgan fingerprint density at radius 3 is 3.06 bits per heavy atom. The highest BCUT2D eigenvalue weighted by Crippen LogP contribution is 2.28. The second-order valence-electron chi connectivity index (χ2n) is 4.10. The molecule has 0 saturated carbocycles. The zero-order valence-corrected chi connectivity index (χ0v) is 10.9. The molecule has 2 rings (SSSR count). The highest BCUT2D eigenvalue weighted by atomic mass is 35.5. The van der Waals surface area contributed by atoms with E-state index in [0.717, 1.165) is 19.5 Å². The molecule has 94 valence electrons. The van der Waals surface area contributed by atoms with Crippen LogP contribution in [0.3, 0.4) is 0 Å². The third kappa shape index (κ3) is 2.63. The van der Waals surface area contributed by atoms with Crippen LogP contribution in [-0.2, 0) is 4.74 Å². The van der Waals surface area contributed by atoms with E-state index in [2.05, 4.69) is 22.0 Å². The van der Waals surface area contributed by atoms with Crippen LogP contribution in [-0.4, -0.2) is 31.8 Å². The third-order valence-corrected chi connectivity index (χ3v) is 3.30. The molecule has 4 nitrogen and oxygen atoms in total. The van der Waals surface area contributed by atoms with E-state index in [-0.39, 0.29) is 0 Å². The molecule has 1 aromatic heterocycles. The summed E-state index contributed by atoms with van der Waals surface area (Å²) in [6.45, 7) is 2.27. The lowest BCUT2D eigenvalue weighted by atomic mass is 10.1. The van der Waals surface area contributed by atoms with Gasteiger partial charge in [0.15, 0.2) is 0 Å². The van der Waals surface area contributed by atoms with E-state index in [4.69, 9.17) is 21.6 Å². The molecule has 0 aromatic carbocycles. The van der Waals surface area contributed by atoms with Gasteiger partial charge in [0.1, 0.15) is 16.9 Å². The Morgan fingerprint density at radius 2 is 2.44 bits per heavy atom. The number of hydrogen-bond donors (Lipinski definition) is 0. The number of ether oxygens (including phenoxy) is 1. The number of aromatic nitrogens is 1. The van der Waals surface area contributed by atoms with Crippen molar-refractivity contribution < 1.29 is 4.74 Å². The largest absolute Gasteiger partial charge is 0.380 e. The van der Waals surface area contributed by atoms with Crippen LogP contribution in [0.2, 0.25) is 5.02 Å². The Hall–Kier alpha value is -1.57. The van der Waals surface area contributed by atoms with Gasteiger partial charge >= 0.3 is 0 Å². The van der Waals surface area contributed by atoms with Crippen LogP contribution in [0.1, 0.15) is 12.0 Å². The quantitative estimate of drug-likeness (QED) is 0.786. The zero-order valence-electron chi connectivity index (χ0n) is 10.2. The van der Waals surface area contributed by atoms with Crippen molar-refractivity contribution in [2.75, 3.05) is 31.7 Å². The van der Waals surface area contributed by atoms with Crippen molar-refractivity contribution in [3.05, 3.63) is 34.5 Å². The van der Waals surface area contributed by atoms with Crippen LogP contribution in [0.25, 0.3) is 0 Å². The van der Waals surface area contributed by atoms with Gasteiger partial charge in [-0.2, -0.15) is 5.26 Å². The minimum Gasteiger partial charge on any atom is -0.380 e. The van der Waals surface area contributed by atoms with Crippen molar-refractivity contribution >= 4 is 17.4 Å². The standard InChI is InChI=1S/C13H14ClN3O/c1-18-9-10-3-6-17(7-4-10)13-12(14)11(8-15)2-5-16-13/h2-3,5H,4,6-7,9H2,1H3. The van der Waals surface area contributed by atoms with Crippen LogP contribution < -0.4 is 4.90 Å². The van der Waals surface area contributed by atoms with Gasteiger partial charge in [-0.25, -0.2) is 4.98 Å². The molecule has 0 bridgehead atoms. The number of hydrogen-bond acceptors (Lipinski definition) is 4. The maximum absolute atomic E-state index is 8.94. The normalized spacial score (nSPS) is 15.2. The fourth-order valence-corrected chi connectivity index (χ4v) is 2.23. The number of nitriles is 1. The monoisotopic (exact) mass is 263 g/mol. The molecule has 0 radical (unpaired) electrons. The molecule has 0 amide bonds. The first-order valence-electron chi connectivity index (χ1n) is 5.72. The maximum Gasteiger partial charge on any atom is 0.148 e. The maximum atomic E-state index is 8.94. The van der Waals surface area contributed by atoms with Gasteiger partial charge in [-0.3, -0.25) is 0 Å². The summed E-state index contributed by atoms with van der Waals surface area (Å²) in [4.78, 5) is 6.34. The number of anilines is 1. The lowest BCUT2D eigenvalue weighted by Gasteiger charge is -2.28. The molecule has 0 spiro atoms. The van der Waals surface area contributed by atoms with E-state index in [0.29, 0.717) is 23.0 Å². The minimum atomic E-state index is 0.434. The van der Waals surface area contributed by atoms with Crippen LogP contribution in [0.4, 0.5) is 5.82 Å². The van der Waals surface area contributed by atoms with Gasteiger partial charge in [0, 0.05) is 26.4 Å². The SMILES string of the molecule is COCC1=CCN(c2nccc(C#N)c2Cl)CC1. The van der Waals surface area contributed by atoms with E-state index in [9.17, 15) is 0 Å². The number of nitrogens with zero attached hydrogens (tertiary/aromatic N) is 3. The van der Waals surface area contributed by atoms with Crippen LogP contribution in [0.5, 0.6) is 0 Å². The van der Waals surface area contributed by atoms with Gasteiger partial charge in [-0.1, -0.05) is 17.7 Å². The fraction of sp³-hybridized carbons (Fsp3) is 0.385. The fourth-order valence-electron chi connectivity index (χ4n) is 1.96. The molecule has 5 heteroatoms. The molecule has 0 atom stereocenters. The van der Waals surface area contributed by atoms with E-state index in [1.165, 1.54) is 5.57 Å². The Labute approximate surface area is 111 Å². The third-order valence-electron chi connectivity index (χ3n) is 2.92. The summed E-state index contributed by atoms with van der Waals surface area (Å²) in [5, 5.41) is 9.38. The first-order valence-corrected chi connectivity index (χ1v) is 6.10. The number of pyridine rings is 1. The zero-order chi connectivity index (χ0) is 13.0. The van der Waals surface area contributed by atoms with Crippen molar-refractivity contribution in [3.63, 3.8) is 0 Å². The molecule has 18 heavy (non-hydrogen) atoms. The lowest BCUT2D eigenvalue weighted by molar-refractivity contribution is 0.222. The van der Waals surface area contributed by atoms with Gasteiger partial charge in [0.05, 0.1) is 12.2 Å². The molecular formula is C13H14ClN3O. The molecular weight excluding hydrogens is 250 g/mol. The van der Waals surface area contributed by atoms with Crippen LogP contribution >= 0.6 is 11.6 Å². The molecule has 0 aliphatic carbocycles. The number of methoxy groups -OCH3 is 1. The number of rotatable bonds is 3. The van der Waals surface area contributed by atoms with Crippen molar-refractivity contribution in [1.29, 1.82) is 5.26 Å². The Kier molecular flexibility index (Phi) is 4.19. The average molecular weight is 264 g/mol. The van der Waals surface area contributed by atoms with Crippen molar-refractivity contribution in [1.82, 2.24) is 4.98 Å². The second kappa shape index (κ2) is 5.85. The highest BCUT2D eigenvalue weighted by molar-refractivity contribution is 6.34. The van der Waals surface area contributed by atoms with Crippen molar-refractivity contribution in [3.8, 4) is 6.07 Å². The Morgan fingerprint density at radius 1 is 1.61 bits per heavy atom. The first-order chi connectivity index (χ1) is 8.76. The van der Waals surface area contributed by atoms with Crippen molar-refractivity contribution in [2.24, 2.45) is 0 Å². The smallest absolute Gasteiger partial charge is 0.148 e.